The maximum Gasteiger partial charge on any atom is 0.234 e. The topological polar surface area (TPSA) is 41.1 Å². The summed E-state index contributed by atoms with van der Waals surface area (Å²) in [7, 11) is 0. The molecule has 3 nitrogen and oxygen atoms in total. The van der Waals surface area contributed by atoms with Gasteiger partial charge in [0.05, 0.1) is 6.54 Å². The van der Waals surface area contributed by atoms with Gasteiger partial charge in [0.25, 0.3) is 0 Å². The van der Waals surface area contributed by atoms with Crippen LogP contribution >= 0.6 is 0 Å². The van der Waals surface area contributed by atoms with Crippen LogP contribution in [0.15, 0.2) is 0 Å². The van der Waals surface area contributed by atoms with Crippen molar-refractivity contribution >= 4 is 5.91 Å². The van der Waals surface area contributed by atoms with Crippen molar-refractivity contribution in [2.45, 2.75) is 58.0 Å². The first-order valence-corrected chi connectivity index (χ1v) is 7.68. The van der Waals surface area contributed by atoms with E-state index in [-0.39, 0.29) is 11.9 Å². The molecule has 3 fully saturated rings. The Morgan fingerprint density at radius 3 is 2.72 bits per heavy atom. The van der Waals surface area contributed by atoms with Crippen molar-refractivity contribution in [3.8, 4) is 0 Å². The van der Waals surface area contributed by atoms with Crippen LogP contribution in [0.3, 0.4) is 0 Å². The third-order valence-corrected chi connectivity index (χ3v) is 5.40. The van der Waals surface area contributed by atoms with E-state index in [4.69, 9.17) is 0 Å². The molecule has 3 heteroatoms. The number of amides is 1. The number of hydrogen-bond donors (Lipinski definition) is 2. The van der Waals surface area contributed by atoms with Gasteiger partial charge in [-0.15, -0.1) is 0 Å². The SMILES string of the molecule is CC(C)NC(=O)CNC1CC2CC1C1CCCC21. The molecule has 0 aliphatic heterocycles. The van der Waals surface area contributed by atoms with Crippen molar-refractivity contribution in [3.63, 3.8) is 0 Å². The minimum absolute atomic E-state index is 0.149. The Morgan fingerprint density at radius 1 is 1.17 bits per heavy atom. The van der Waals surface area contributed by atoms with Crippen LogP contribution in [0.2, 0.25) is 0 Å². The van der Waals surface area contributed by atoms with Crippen LogP contribution in [-0.2, 0) is 4.79 Å². The summed E-state index contributed by atoms with van der Waals surface area (Å²) in [5, 5.41) is 6.47. The summed E-state index contributed by atoms with van der Waals surface area (Å²) < 4.78 is 0. The highest BCUT2D eigenvalue weighted by atomic mass is 16.1. The summed E-state index contributed by atoms with van der Waals surface area (Å²) in [4.78, 5) is 11.7. The molecule has 3 aliphatic carbocycles. The van der Waals surface area contributed by atoms with Gasteiger partial charge in [-0.3, -0.25) is 4.79 Å². The highest BCUT2D eigenvalue weighted by molar-refractivity contribution is 5.78. The molecular weight excluding hydrogens is 224 g/mol. The summed E-state index contributed by atoms with van der Waals surface area (Å²) in [5.74, 6) is 4.00. The van der Waals surface area contributed by atoms with Crippen molar-refractivity contribution in [2.75, 3.05) is 6.54 Å². The number of fused-ring (bicyclic) bond motifs is 5. The lowest BCUT2D eigenvalue weighted by atomic mass is 9.79. The van der Waals surface area contributed by atoms with E-state index < -0.39 is 0 Å². The van der Waals surface area contributed by atoms with E-state index in [1.54, 1.807) is 0 Å². The second-order valence-corrected chi connectivity index (χ2v) is 6.86. The van der Waals surface area contributed by atoms with Gasteiger partial charge in [-0.2, -0.15) is 0 Å². The summed E-state index contributed by atoms with van der Waals surface area (Å²) >= 11 is 0. The van der Waals surface area contributed by atoms with Crippen LogP contribution < -0.4 is 10.6 Å². The molecule has 0 saturated heterocycles. The van der Waals surface area contributed by atoms with Gasteiger partial charge in [0.15, 0.2) is 0 Å². The Hall–Kier alpha value is -0.570. The van der Waals surface area contributed by atoms with Crippen LogP contribution in [-0.4, -0.2) is 24.5 Å². The predicted molar refractivity (Wildman–Crippen MR) is 72.1 cm³/mol. The van der Waals surface area contributed by atoms with Crippen molar-refractivity contribution in [1.29, 1.82) is 0 Å². The van der Waals surface area contributed by atoms with E-state index in [9.17, 15) is 4.79 Å². The highest BCUT2D eigenvalue weighted by Gasteiger charge is 2.53. The van der Waals surface area contributed by atoms with Crippen LogP contribution in [0.1, 0.15) is 46.0 Å². The summed E-state index contributed by atoms with van der Waals surface area (Å²) in [6, 6.07) is 0.866. The second-order valence-electron chi connectivity index (χ2n) is 6.86. The van der Waals surface area contributed by atoms with E-state index in [1.165, 1.54) is 32.1 Å². The van der Waals surface area contributed by atoms with Crippen molar-refractivity contribution in [2.24, 2.45) is 23.7 Å². The monoisotopic (exact) mass is 250 g/mol. The molecular formula is C15H26N2O. The van der Waals surface area contributed by atoms with Gasteiger partial charge in [0.1, 0.15) is 0 Å². The maximum absolute atomic E-state index is 11.7. The van der Waals surface area contributed by atoms with Gasteiger partial charge >= 0.3 is 0 Å². The molecule has 0 aromatic heterocycles. The van der Waals surface area contributed by atoms with E-state index in [0.29, 0.717) is 12.6 Å². The molecule has 5 unspecified atom stereocenters. The molecule has 2 bridgehead atoms. The number of nitrogens with one attached hydrogen (secondary N) is 2. The Kier molecular flexibility index (Phi) is 3.35. The highest BCUT2D eigenvalue weighted by Crippen LogP contribution is 2.58. The first-order valence-electron chi connectivity index (χ1n) is 7.68. The van der Waals surface area contributed by atoms with E-state index in [0.717, 1.165) is 23.7 Å². The molecule has 0 heterocycles. The van der Waals surface area contributed by atoms with Gasteiger partial charge in [0, 0.05) is 12.1 Å². The fraction of sp³-hybridized carbons (Fsp3) is 0.933. The fourth-order valence-electron chi connectivity index (χ4n) is 4.90. The number of carbonyl (C=O) groups is 1. The van der Waals surface area contributed by atoms with Crippen LogP contribution in [0.4, 0.5) is 0 Å². The third-order valence-electron chi connectivity index (χ3n) is 5.40. The van der Waals surface area contributed by atoms with E-state index in [2.05, 4.69) is 10.6 Å². The Morgan fingerprint density at radius 2 is 1.94 bits per heavy atom. The zero-order valence-corrected chi connectivity index (χ0v) is 11.6. The zero-order valence-electron chi connectivity index (χ0n) is 11.6. The molecule has 18 heavy (non-hydrogen) atoms. The summed E-state index contributed by atoms with van der Waals surface area (Å²) in [5.41, 5.74) is 0. The van der Waals surface area contributed by atoms with Crippen molar-refractivity contribution in [1.82, 2.24) is 10.6 Å². The lowest BCUT2D eigenvalue weighted by molar-refractivity contribution is -0.120. The van der Waals surface area contributed by atoms with Gasteiger partial charge in [-0.25, -0.2) is 0 Å². The van der Waals surface area contributed by atoms with Crippen molar-refractivity contribution in [3.05, 3.63) is 0 Å². The molecule has 0 radical (unpaired) electrons. The first kappa shape index (κ1) is 12.5. The largest absolute Gasteiger partial charge is 0.353 e. The van der Waals surface area contributed by atoms with E-state index >= 15 is 0 Å². The molecule has 0 aromatic rings. The van der Waals surface area contributed by atoms with Crippen molar-refractivity contribution < 1.29 is 4.79 Å². The quantitative estimate of drug-likeness (QED) is 0.800. The second kappa shape index (κ2) is 4.84. The predicted octanol–water partition coefficient (Wildman–Crippen LogP) is 1.93. The zero-order chi connectivity index (χ0) is 12.7. The molecule has 1 amide bonds. The fourth-order valence-corrected chi connectivity index (χ4v) is 4.90. The molecule has 5 atom stereocenters. The Labute approximate surface area is 110 Å². The van der Waals surface area contributed by atoms with Gasteiger partial charge in [-0.05, 0) is 63.2 Å². The third kappa shape index (κ3) is 2.18. The van der Waals surface area contributed by atoms with E-state index in [1.807, 2.05) is 13.8 Å². The van der Waals surface area contributed by atoms with Gasteiger partial charge in [-0.1, -0.05) is 6.42 Å². The maximum atomic E-state index is 11.7. The summed E-state index contributed by atoms with van der Waals surface area (Å²) in [6.45, 7) is 4.53. The smallest absolute Gasteiger partial charge is 0.234 e. The minimum atomic E-state index is 0.149. The molecule has 0 aromatic carbocycles. The molecule has 102 valence electrons. The van der Waals surface area contributed by atoms with Crippen LogP contribution in [0.5, 0.6) is 0 Å². The average Bonchev–Trinajstić information content (AvgIpc) is 2.97. The minimum Gasteiger partial charge on any atom is -0.353 e. The standard InChI is InChI=1S/C15H26N2O/c1-9(2)17-15(18)8-16-14-7-10-6-13(14)12-5-3-4-11(10)12/h9-14,16H,3-8H2,1-2H3,(H,17,18). The van der Waals surface area contributed by atoms with Crippen LogP contribution in [0, 0.1) is 23.7 Å². The lowest BCUT2D eigenvalue weighted by Crippen LogP contribution is -2.45. The lowest BCUT2D eigenvalue weighted by Gasteiger charge is -2.32. The van der Waals surface area contributed by atoms with Crippen LogP contribution in [0.25, 0.3) is 0 Å². The summed E-state index contributed by atoms with van der Waals surface area (Å²) in [6.07, 6.45) is 7.12. The Bertz CT molecular complexity index is 328. The first-order chi connectivity index (χ1) is 8.65. The van der Waals surface area contributed by atoms with Gasteiger partial charge in [0.2, 0.25) is 5.91 Å². The molecule has 3 rings (SSSR count). The number of rotatable bonds is 4. The normalized spacial score (nSPS) is 41.4. The Balaban J connectivity index is 1.49. The molecule has 3 aliphatic rings. The number of carbonyl (C=O) groups excluding carboxylic acids is 1. The molecule has 2 N–H and O–H groups in total. The van der Waals surface area contributed by atoms with Gasteiger partial charge < -0.3 is 10.6 Å². The average molecular weight is 250 g/mol. The molecule has 0 spiro atoms. The number of hydrogen-bond acceptors (Lipinski definition) is 2. The molecule has 3 saturated carbocycles.